The van der Waals surface area contributed by atoms with Crippen molar-refractivity contribution in [1.82, 2.24) is 15.2 Å². The Morgan fingerprint density at radius 1 is 1.29 bits per heavy atom. The van der Waals surface area contributed by atoms with E-state index >= 15 is 0 Å². The summed E-state index contributed by atoms with van der Waals surface area (Å²) in [4.78, 5) is 19.2. The topological polar surface area (TPSA) is 77.5 Å². The van der Waals surface area contributed by atoms with E-state index in [9.17, 15) is 14.3 Å². The summed E-state index contributed by atoms with van der Waals surface area (Å²) >= 11 is 1.37. The number of carbonyl (C=O) groups is 1. The van der Waals surface area contributed by atoms with Gasteiger partial charge in [0.15, 0.2) is 0 Å². The molecule has 1 aromatic heterocycles. The first-order chi connectivity index (χ1) is 16.5. The molecule has 2 aliphatic rings. The SMILES string of the molecule is Cc1cnc2cccc(C(O)CN3CCC(NCc4cc5c(cc4F)SCC(=O)N5)CC3)c2c1. The summed E-state index contributed by atoms with van der Waals surface area (Å²) in [6.07, 6.45) is 3.14. The van der Waals surface area contributed by atoms with Crippen LogP contribution in [0.2, 0.25) is 0 Å². The molecule has 3 heterocycles. The highest BCUT2D eigenvalue weighted by molar-refractivity contribution is 8.00. The summed E-state index contributed by atoms with van der Waals surface area (Å²) in [5, 5.41) is 18.3. The lowest BCUT2D eigenvalue weighted by atomic mass is 10.00. The Balaban J connectivity index is 1.15. The Hall–Kier alpha value is -2.52. The highest BCUT2D eigenvalue weighted by Crippen LogP contribution is 2.33. The number of carbonyl (C=O) groups excluding carboxylic acids is 1. The van der Waals surface area contributed by atoms with Crippen LogP contribution in [0.25, 0.3) is 10.9 Å². The molecule has 6 nitrogen and oxygen atoms in total. The third kappa shape index (κ3) is 5.10. The number of likely N-dealkylation sites (tertiary alicyclic amines) is 1. The van der Waals surface area contributed by atoms with Gasteiger partial charge in [-0.2, -0.15) is 0 Å². The number of nitrogens with one attached hydrogen (secondary N) is 2. The number of aliphatic hydroxyl groups is 1. The first-order valence-corrected chi connectivity index (χ1v) is 12.7. The maximum Gasteiger partial charge on any atom is 0.234 e. The highest BCUT2D eigenvalue weighted by Gasteiger charge is 2.23. The zero-order valence-electron chi connectivity index (χ0n) is 19.2. The minimum absolute atomic E-state index is 0.0486. The molecule has 0 bridgehead atoms. The van der Waals surface area contributed by atoms with E-state index in [0.717, 1.165) is 52.9 Å². The van der Waals surface area contributed by atoms with Crippen LogP contribution in [0.3, 0.4) is 0 Å². The average molecular weight is 481 g/mol. The Bertz CT molecular complexity index is 1210. The van der Waals surface area contributed by atoms with Crippen LogP contribution in [0.5, 0.6) is 0 Å². The molecule has 178 valence electrons. The minimum Gasteiger partial charge on any atom is -0.387 e. The molecule has 0 saturated carbocycles. The van der Waals surface area contributed by atoms with Crippen molar-refractivity contribution in [2.45, 2.75) is 43.4 Å². The van der Waals surface area contributed by atoms with E-state index in [4.69, 9.17) is 0 Å². The van der Waals surface area contributed by atoms with E-state index in [-0.39, 0.29) is 17.8 Å². The van der Waals surface area contributed by atoms with Crippen molar-refractivity contribution in [3.8, 4) is 0 Å². The number of amides is 1. The van der Waals surface area contributed by atoms with Crippen molar-refractivity contribution in [2.24, 2.45) is 0 Å². The first-order valence-electron chi connectivity index (χ1n) is 11.7. The number of aromatic nitrogens is 1. The van der Waals surface area contributed by atoms with Gasteiger partial charge in [-0.05, 0) is 68.2 Å². The fourth-order valence-electron chi connectivity index (χ4n) is 4.77. The number of fused-ring (bicyclic) bond motifs is 2. The Kier molecular flexibility index (Phi) is 6.83. The lowest BCUT2D eigenvalue weighted by Gasteiger charge is -2.34. The van der Waals surface area contributed by atoms with Gasteiger partial charge in [-0.15, -0.1) is 11.8 Å². The van der Waals surface area contributed by atoms with Crippen LogP contribution >= 0.6 is 11.8 Å². The molecule has 34 heavy (non-hydrogen) atoms. The fraction of sp³-hybridized carbons (Fsp3) is 0.385. The molecular formula is C26H29FN4O2S. The second-order valence-corrected chi connectivity index (χ2v) is 10.2. The van der Waals surface area contributed by atoms with Crippen LogP contribution in [-0.4, -0.2) is 52.3 Å². The van der Waals surface area contributed by atoms with Crippen molar-refractivity contribution in [3.63, 3.8) is 0 Å². The predicted molar refractivity (Wildman–Crippen MR) is 133 cm³/mol. The molecule has 5 rings (SSSR count). The molecule has 0 radical (unpaired) electrons. The standard InChI is InChI=1S/C26H29FN4O2S/c1-16-9-20-19(3-2-4-22(20)29-12-16)24(32)14-31-7-5-18(6-8-31)28-13-17-10-23-25(11-21(17)27)34-15-26(33)30-23/h2-4,9-12,18,24,28,32H,5-8,13-15H2,1H3,(H,30,33). The molecule has 2 aliphatic heterocycles. The summed E-state index contributed by atoms with van der Waals surface area (Å²) in [6, 6.07) is 11.5. The number of aryl methyl sites for hydroxylation is 1. The van der Waals surface area contributed by atoms with Gasteiger partial charge < -0.3 is 20.6 Å². The number of nitrogens with zero attached hydrogens (tertiary/aromatic N) is 2. The number of benzene rings is 2. The quantitative estimate of drug-likeness (QED) is 0.495. The van der Waals surface area contributed by atoms with Gasteiger partial charge in [0.2, 0.25) is 5.91 Å². The van der Waals surface area contributed by atoms with E-state index in [1.54, 1.807) is 6.07 Å². The molecule has 1 amide bonds. The molecule has 1 fully saturated rings. The monoisotopic (exact) mass is 480 g/mol. The van der Waals surface area contributed by atoms with Crippen LogP contribution < -0.4 is 10.6 Å². The van der Waals surface area contributed by atoms with E-state index in [1.807, 2.05) is 31.3 Å². The summed E-state index contributed by atoms with van der Waals surface area (Å²) in [5.41, 5.74) is 4.16. The van der Waals surface area contributed by atoms with Gasteiger partial charge in [0, 0.05) is 41.2 Å². The van der Waals surface area contributed by atoms with E-state index in [0.29, 0.717) is 30.1 Å². The zero-order valence-corrected chi connectivity index (χ0v) is 20.0. The van der Waals surface area contributed by atoms with Gasteiger partial charge >= 0.3 is 0 Å². The number of β-amino-alcohol motifs (C(OH)–C–C–N with tert-alkyl or cyclic N) is 1. The Labute approximate surface area is 202 Å². The number of rotatable bonds is 6. The summed E-state index contributed by atoms with van der Waals surface area (Å²) in [6.45, 7) is 4.76. The molecule has 1 atom stereocenters. The van der Waals surface area contributed by atoms with Crippen LogP contribution in [0.4, 0.5) is 10.1 Å². The van der Waals surface area contributed by atoms with Crippen LogP contribution in [-0.2, 0) is 11.3 Å². The normalized spacial score (nSPS) is 18.0. The fourth-order valence-corrected chi connectivity index (χ4v) is 5.58. The number of hydrogen-bond donors (Lipinski definition) is 3. The number of pyridine rings is 1. The summed E-state index contributed by atoms with van der Waals surface area (Å²) in [7, 11) is 0. The van der Waals surface area contributed by atoms with Gasteiger partial charge in [0.1, 0.15) is 5.82 Å². The van der Waals surface area contributed by atoms with E-state index < -0.39 is 6.10 Å². The molecule has 1 unspecified atom stereocenters. The maximum absolute atomic E-state index is 14.5. The lowest BCUT2D eigenvalue weighted by molar-refractivity contribution is -0.113. The molecule has 3 N–H and O–H groups in total. The molecule has 8 heteroatoms. The van der Waals surface area contributed by atoms with Crippen molar-refractivity contribution in [2.75, 3.05) is 30.7 Å². The first kappa shape index (κ1) is 23.2. The molecular weight excluding hydrogens is 451 g/mol. The number of piperidine rings is 1. The molecule has 0 spiro atoms. The predicted octanol–water partition coefficient (Wildman–Crippen LogP) is 4.01. The number of anilines is 1. The highest BCUT2D eigenvalue weighted by atomic mass is 32.2. The number of aliphatic hydroxyl groups excluding tert-OH is 1. The number of hydrogen-bond acceptors (Lipinski definition) is 6. The van der Waals surface area contributed by atoms with E-state index in [2.05, 4.69) is 26.6 Å². The third-order valence-corrected chi connectivity index (χ3v) is 7.69. The van der Waals surface area contributed by atoms with Gasteiger partial charge in [-0.1, -0.05) is 12.1 Å². The zero-order chi connectivity index (χ0) is 23.7. The van der Waals surface area contributed by atoms with Crippen LogP contribution in [0, 0.1) is 12.7 Å². The van der Waals surface area contributed by atoms with E-state index in [1.165, 1.54) is 17.8 Å². The number of halogens is 1. The van der Waals surface area contributed by atoms with Gasteiger partial charge in [-0.25, -0.2) is 4.39 Å². The minimum atomic E-state index is -0.575. The molecule has 3 aromatic rings. The lowest BCUT2D eigenvalue weighted by Crippen LogP contribution is -2.43. The molecule has 0 aliphatic carbocycles. The maximum atomic E-state index is 14.5. The second-order valence-electron chi connectivity index (χ2n) is 9.17. The van der Waals surface area contributed by atoms with Gasteiger partial charge in [-0.3, -0.25) is 9.78 Å². The largest absolute Gasteiger partial charge is 0.387 e. The summed E-state index contributed by atoms with van der Waals surface area (Å²) < 4.78 is 14.5. The van der Waals surface area contributed by atoms with Crippen LogP contribution in [0.15, 0.2) is 47.5 Å². The van der Waals surface area contributed by atoms with Crippen molar-refractivity contribution in [1.29, 1.82) is 0 Å². The van der Waals surface area contributed by atoms with Crippen molar-refractivity contribution in [3.05, 3.63) is 65.1 Å². The number of thioether (sulfide) groups is 1. The third-order valence-electron chi connectivity index (χ3n) is 6.64. The Morgan fingerprint density at radius 3 is 2.94 bits per heavy atom. The van der Waals surface area contributed by atoms with Crippen molar-refractivity contribution >= 4 is 34.3 Å². The van der Waals surface area contributed by atoms with Crippen molar-refractivity contribution < 1.29 is 14.3 Å². The Morgan fingerprint density at radius 2 is 2.12 bits per heavy atom. The smallest absolute Gasteiger partial charge is 0.234 e. The second kappa shape index (κ2) is 10.00. The van der Waals surface area contributed by atoms with Crippen LogP contribution in [0.1, 0.15) is 35.6 Å². The molecule has 2 aromatic carbocycles. The van der Waals surface area contributed by atoms with Gasteiger partial charge in [0.05, 0.1) is 23.1 Å². The summed E-state index contributed by atoms with van der Waals surface area (Å²) in [5.74, 6) is 0.0386. The molecule has 1 saturated heterocycles. The average Bonchev–Trinajstić information content (AvgIpc) is 2.83. The van der Waals surface area contributed by atoms with Gasteiger partial charge in [0.25, 0.3) is 0 Å².